The van der Waals surface area contributed by atoms with E-state index in [9.17, 15) is 4.39 Å². The van der Waals surface area contributed by atoms with E-state index in [0.29, 0.717) is 0 Å². The van der Waals surface area contributed by atoms with Crippen molar-refractivity contribution in [3.63, 3.8) is 0 Å². The Balaban J connectivity index is 0.000000236. The molecule has 0 aliphatic carbocycles. The smallest absolute Gasteiger partial charge is 0.280 e. The van der Waals surface area contributed by atoms with E-state index in [1.807, 2.05) is 0 Å². The second-order valence-electron chi connectivity index (χ2n) is 1.32. The van der Waals surface area contributed by atoms with Crippen molar-refractivity contribution in [1.29, 1.82) is 0 Å². The van der Waals surface area contributed by atoms with Crippen LogP contribution in [0.2, 0.25) is 0 Å². The zero-order chi connectivity index (χ0) is 7.82. The lowest BCUT2D eigenvalue weighted by atomic mass is 10.4. The minimum atomic E-state index is -0.234. The largest absolute Gasteiger partial charge is 0.560 e. The number of benzene rings is 1. The van der Waals surface area contributed by atoms with Crippen molar-refractivity contribution < 1.29 is 4.39 Å². The van der Waals surface area contributed by atoms with E-state index in [1.165, 1.54) is 12.1 Å². The van der Waals surface area contributed by atoms with Crippen LogP contribution in [0.4, 0.5) is 4.39 Å². The van der Waals surface area contributed by atoms with Gasteiger partial charge in [-0.05, 0) is 18.2 Å². The molecule has 0 bridgehead atoms. The minimum Gasteiger partial charge on any atom is -0.280 e. The van der Waals surface area contributed by atoms with E-state index < -0.39 is 0 Å². The summed E-state index contributed by atoms with van der Waals surface area (Å²) in [5.41, 5.74) is 0. The molecule has 0 fully saturated rings. The van der Waals surface area contributed by atoms with Crippen molar-refractivity contribution in [3.8, 4) is 0 Å². The van der Waals surface area contributed by atoms with Gasteiger partial charge in [-0.1, -0.05) is 12.1 Å². The topological polar surface area (TPSA) is 0 Å². The normalized spacial score (nSPS) is 7.10. The van der Waals surface area contributed by atoms with Crippen LogP contribution in [0, 0.1) is 11.9 Å². The molecule has 1 aromatic rings. The highest BCUT2D eigenvalue weighted by Crippen LogP contribution is 1.91. The van der Waals surface area contributed by atoms with Crippen molar-refractivity contribution in [2.24, 2.45) is 0 Å². The van der Waals surface area contributed by atoms with E-state index in [-0.39, 0.29) is 21.8 Å². The van der Waals surface area contributed by atoms with Crippen LogP contribution in [0.25, 0.3) is 0 Å². The molecule has 0 aliphatic heterocycles. The Hall–Kier alpha value is 0.876. The average molecular weight is 279 g/mol. The Kier molecular flexibility index (Phi) is 8.68. The predicted molar refractivity (Wildman–Crippen MR) is 48.8 cm³/mol. The molecular formula is C6H4Br2FMg. The van der Waals surface area contributed by atoms with Gasteiger partial charge in [-0.25, -0.2) is 4.39 Å². The lowest BCUT2D eigenvalue weighted by Gasteiger charge is -1.77. The van der Waals surface area contributed by atoms with Crippen molar-refractivity contribution in [3.05, 3.63) is 36.1 Å². The maximum atomic E-state index is 11.9. The summed E-state index contributed by atoms with van der Waals surface area (Å²) in [6.07, 6.45) is 0. The molecule has 0 aliphatic rings. The Labute approximate surface area is 81.7 Å². The minimum absolute atomic E-state index is 0.0417. The van der Waals surface area contributed by atoms with Crippen molar-refractivity contribution in [1.82, 2.24) is 0 Å². The zero-order valence-corrected chi connectivity index (χ0v) is 9.74. The summed E-state index contributed by atoms with van der Waals surface area (Å²) >= 11 is 6.44. The standard InChI is InChI=1S/C6H4F.2BrH.Mg/c7-6-4-2-1-3-5-6;;;/h1-2,4-5H;2*1H;/q;;;+2/p-2. The van der Waals surface area contributed by atoms with Gasteiger partial charge in [0.25, 0.3) is 0 Å². The van der Waals surface area contributed by atoms with Crippen LogP contribution < -0.4 is 0 Å². The monoisotopic (exact) mass is 277 g/mol. The summed E-state index contributed by atoms with van der Waals surface area (Å²) in [5.74, 6) is -0.234. The Bertz CT molecular complexity index is 157. The second kappa shape index (κ2) is 7.98. The average Bonchev–Trinajstić information content (AvgIpc) is 1.91. The first-order valence-electron chi connectivity index (χ1n) is 2.54. The Morgan fingerprint density at radius 2 is 2.10 bits per heavy atom. The van der Waals surface area contributed by atoms with Crippen LogP contribution in [-0.4, -0.2) is 16.0 Å². The van der Waals surface area contributed by atoms with Crippen LogP contribution in [-0.2, 0) is 0 Å². The first kappa shape index (κ1) is 10.9. The molecule has 0 spiro atoms. The molecule has 0 atom stereocenters. The lowest BCUT2D eigenvalue weighted by molar-refractivity contribution is 0.627. The van der Waals surface area contributed by atoms with Gasteiger partial charge in [0.2, 0.25) is 0 Å². The summed E-state index contributed by atoms with van der Waals surface area (Å²) in [4.78, 5) is 0. The lowest BCUT2D eigenvalue weighted by Crippen LogP contribution is -1.64. The molecule has 0 aromatic heterocycles. The molecule has 0 saturated carbocycles. The zero-order valence-electron chi connectivity index (χ0n) is 5.15. The van der Waals surface area contributed by atoms with Gasteiger partial charge in [-0.2, -0.15) is 0 Å². The van der Waals surface area contributed by atoms with E-state index in [1.54, 1.807) is 12.1 Å². The fraction of sp³-hybridized carbons (Fsp3) is 0. The number of hydrogen-bond donors (Lipinski definition) is 0. The molecule has 0 N–H and O–H groups in total. The van der Waals surface area contributed by atoms with Gasteiger partial charge in [0.05, 0.1) is 0 Å². The molecule has 4 heteroatoms. The van der Waals surface area contributed by atoms with Crippen LogP contribution in [0.5, 0.6) is 0 Å². The van der Waals surface area contributed by atoms with Gasteiger partial charge in [-0.15, -0.1) is 0 Å². The highest BCUT2D eigenvalue weighted by atomic mass is 79.9. The maximum absolute atomic E-state index is 11.9. The van der Waals surface area contributed by atoms with Gasteiger partial charge in [0.15, 0.2) is 0 Å². The molecule has 1 aromatic carbocycles. The van der Waals surface area contributed by atoms with E-state index >= 15 is 0 Å². The number of halogens is 3. The van der Waals surface area contributed by atoms with Crippen molar-refractivity contribution in [2.45, 2.75) is 0 Å². The first-order chi connectivity index (χ1) is 4.81. The second-order valence-corrected chi connectivity index (χ2v) is 9.40. The molecule has 51 valence electrons. The molecule has 10 heavy (non-hydrogen) atoms. The fourth-order valence-corrected chi connectivity index (χ4v) is 0.371. The third-order valence-corrected chi connectivity index (χ3v) is 0.669. The van der Waals surface area contributed by atoms with Crippen molar-refractivity contribution >= 4 is 41.8 Å². The summed E-state index contributed by atoms with van der Waals surface area (Å²) < 4.78 is 11.9. The van der Waals surface area contributed by atoms with Gasteiger partial charge >= 0.3 is 16.0 Å². The summed E-state index contributed by atoms with van der Waals surface area (Å²) in [7, 11) is 0. The third-order valence-electron chi connectivity index (χ3n) is 0.669. The van der Waals surface area contributed by atoms with Crippen molar-refractivity contribution in [2.75, 3.05) is 0 Å². The van der Waals surface area contributed by atoms with Crippen LogP contribution in [0.15, 0.2) is 24.3 Å². The van der Waals surface area contributed by atoms with Gasteiger partial charge in [-0.3, -0.25) is 25.8 Å². The van der Waals surface area contributed by atoms with E-state index in [0.717, 1.165) is 0 Å². The summed E-state index contributed by atoms with van der Waals surface area (Å²) in [6.45, 7) is 0. The first-order valence-corrected chi connectivity index (χ1v) is 10.3. The maximum Gasteiger partial charge on any atom is 0.560 e. The van der Waals surface area contributed by atoms with Gasteiger partial charge in [0, 0.05) is 0 Å². The SMILES string of the molecule is Fc1c[c]ccc1.[Br][Mg][Br]. The van der Waals surface area contributed by atoms with Crippen LogP contribution >= 0.6 is 25.8 Å². The predicted octanol–water partition coefficient (Wildman–Crippen LogP) is 2.94. The fourth-order valence-electron chi connectivity index (χ4n) is 0.371. The summed E-state index contributed by atoms with van der Waals surface area (Å²) in [5, 5.41) is 0. The molecule has 0 amide bonds. The molecule has 0 nitrogen and oxygen atoms in total. The molecule has 0 saturated heterocycles. The number of rotatable bonds is 0. The van der Waals surface area contributed by atoms with Gasteiger partial charge in [0.1, 0.15) is 5.82 Å². The Morgan fingerprint density at radius 3 is 2.30 bits per heavy atom. The Morgan fingerprint density at radius 1 is 1.50 bits per heavy atom. The molecule has 1 rings (SSSR count). The molecule has 0 heterocycles. The quantitative estimate of drug-likeness (QED) is 0.641. The highest BCUT2D eigenvalue weighted by Gasteiger charge is 1.77. The van der Waals surface area contributed by atoms with Crippen LogP contribution in [0.1, 0.15) is 0 Å². The van der Waals surface area contributed by atoms with E-state index in [4.69, 9.17) is 0 Å². The highest BCUT2D eigenvalue weighted by molar-refractivity contribution is 9.47. The number of hydrogen-bond acceptors (Lipinski definition) is 0. The molecule has 0 unspecified atom stereocenters. The molecule has 1 radical (unpaired) electrons. The third kappa shape index (κ3) is 6.99. The molecular weight excluding hydrogens is 275 g/mol. The van der Waals surface area contributed by atoms with E-state index in [2.05, 4.69) is 31.8 Å². The van der Waals surface area contributed by atoms with Crippen LogP contribution in [0.3, 0.4) is 0 Å². The summed E-state index contributed by atoms with van der Waals surface area (Å²) in [6, 6.07) is 8.53. The van der Waals surface area contributed by atoms with Gasteiger partial charge < -0.3 is 0 Å².